The van der Waals surface area contributed by atoms with Crippen molar-refractivity contribution in [3.63, 3.8) is 0 Å². The highest BCUT2D eigenvalue weighted by atomic mass is 16.2. The monoisotopic (exact) mass is 364 g/mol. The Balaban J connectivity index is 1.39. The van der Waals surface area contributed by atoms with Crippen LogP contribution in [0.4, 0.5) is 4.79 Å². The molecule has 1 saturated heterocycles. The van der Waals surface area contributed by atoms with Crippen molar-refractivity contribution in [3.05, 3.63) is 48.3 Å². The van der Waals surface area contributed by atoms with Gasteiger partial charge in [0.2, 0.25) is 0 Å². The van der Waals surface area contributed by atoms with Gasteiger partial charge in [-0.2, -0.15) is 0 Å². The molecule has 1 aromatic carbocycles. The van der Waals surface area contributed by atoms with Crippen LogP contribution < -0.4 is 10.6 Å². The van der Waals surface area contributed by atoms with Gasteiger partial charge >= 0.3 is 6.03 Å². The molecule has 0 radical (unpaired) electrons. The van der Waals surface area contributed by atoms with Crippen LogP contribution in [-0.2, 0) is 0 Å². The van der Waals surface area contributed by atoms with Gasteiger partial charge in [0, 0.05) is 49.6 Å². The quantitative estimate of drug-likeness (QED) is 0.875. The highest BCUT2D eigenvalue weighted by molar-refractivity contribution is 5.87. The van der Waals surface area contributed by atoms with Crippen LogP contribution >= 0.6 is 0 Å². The summed E-state index contributed by atoms with van der Waals surface area (Å²) in [5.74, 6) is 2.00. The number of carbonyl (C=O) groups is 1. The van der Waals surface area contributed by atoms with E-state index >= 15 is 0 Å². The maximum Gasteiger partial charge on any atom is 0.317 e. The van der Waals surface area contributed by atoms with E-state index in [0.29, 0.717) is 13.1 Å². The van der Waals surface area contributed by atoms with Gasteiger partial charge in [-0.3, -0.25) is 4.99 Å². The highest BCUT2D eigenvalue weighted by Crippen LogP contribution is 2.24. The molecule has 140 valence electrons. The van der Waals surface area contributed by atoms with E-state index < -0.39 is 0 Å². The largest absolute Gasteiger partial charge is 0.365 e. The molecule has 1 fully saturated rings. The summed E-state index contributed by atoms with van der Waals surface area (Å²) in [7, 11) is 1.67. The van der Waals surface area contributed by atoms with Gasteiger partial charge in [-0.1, -0.05) is 30.3 Å². The van der Waals surface area contributed by atoms with Crippen LogP contribution in [0.5, 0.6) is 0 Å². The van der Waals surface area contributed by atoms with Crippen LogP contribution in [0.3, 0.4) is 0 Å². The lowest BCUT2D eigenvalue weighted by Crippen LogP contribution is -2.47. The molecule has 0 saturated carbocycles. The van der Waals surface area contributed by atoms with Crippen LogP contribution in [0.15, 0.2) is 47.7 Å². The highest BCUT2D eigenvalue weighted by Gasteiger charge is 2.30. The van der Waals surface area contributed by atoms with Gasteiger partial charge in [-0.05, 0) is 12.8 Å². The maximum absolute atomic E-state index is 11.9. The second-order valence-electron chi connectivity index (χ2n) is 6.97. The van der Waals surface area contributed by atoms with E-state index in [1.807, 2.05) is 47.6 Å². The number of piperidine rings is 1. The van der Waals surface area contributed by atoms with Crippen LogP contribution in [0.2, 0.25) is 0 Å². The lowest BCUT2D eigenvalue weighted by atomic mass is 9.97. The van der Waals surface area contributed by atoms with Crippen LogP contribution in [-0.4, -0.2) is 53.4 Å². The molecule has 2 atom stereocenters. The number of aromatic nitrogens is 2. The van der Waals surface area contributed by atoms with E-state index in [9.17, 15) is 4.79 Å². The van der Waals surface area contributed by atoms with Crippen molar-refractivity contribution in [2.45, 2.75) is 18.9 Å². The van der Waals surface area contributed by atoms with E-state index in [1.165, 1.54) is 0 Å². The number of benzene rings is 1. The normalized spacial score (nSPS) is 22.1. The standard InChI is InChI=1S/C20H24N6O/c1-21-20(27)26-9-5-8-15(13-26)19-24-12-17(25-19)16-10-22-18(23-11-16)14-6-3-2-4-7-14/h2-4,6-7,10-11,15,17H,5,8-9,12-13H2,1H3,(H,21,27)(H,24,25). The molecule has 2 unspecified atom stereocenters. The number of urea groups is 1. The van der Waals surface area contributed by atoms with Crippen molar-refractivity contribution in [1.82, 2.24) is 25.5 Å². The molecule has 2 aliphatic rings. The Morgan fingerprint density at radius 3 is 2.74 bits per heavy atom. The van der Waals surface area contributed by atoms with Crippen molar-refractivity contribution in [3.8, 4) is 11.4 Å². The molecule has 1 aromatic heterocycles. The van der Waals surface area contributed by atoms with Crippen molar-refractivity contribution >= 4 is 11.9 Å². The minimum atomic E-state index is -0.0141. The molecule has 0 spiro atoms. The first kappa shape index (κ1) is 17.5. The second-order valence-corrected chi connectivity index (χ2v) is 6.97. The minimum absolute atomic E-state index is 0.0141. The van der Waals surface area contributed by atoms with Gasteiger partial charge in [-0.25, -0.2) is 14.8 Å². The number of nitrogens with one attached hydrogen (secondary N) is 2. The third kappa shape index (κ3) is 3.77. The van der Waals surface area contributed by atoms with Crippen LogP contribution in [0, 0.1) is 5.92 Å². The molecule has 2 N–H and O–H groups in total. The number of aliphatic imine (C=N–C) groups is 1. The Morgan fingerprint density at radius 2 is 2.00 bits per heavy atom. The summed E-state index contributed by atoms with van der Waals surface area (Å²) in [6, 6.07) is 10.0. The zero-order chi connectivity index (χ0) is 18.6. The number of carbonyl (C=O) groups excluding carboxylic acids is 1. The zero-order valence-electron chi connectivity index (χ0n) is 15.4. The van der Waals surface area contributed by atoms with Crippen molar-refractivity contribution in [2.24, 2.45) is 10.9 Å². The predicted molar refractivity (Wildman–Crippen MR) is 104 cm³/mol. The van der Waals surface area contributed by atoms with Crippen LogP contribution in [0.1, 0.15) is 24.4 Å². The first-order valence-electron chi connectivity index (χ1n) is 9.39. The number of hydrogen-bond acceptors (Lipinski definition) is 5. The molecule has 0 bridgehead atoms. The first-order chi connectivity index (χ1) is 13.2. The second kappa shape index (κ2) is 7.73. The Morgan fingerprint density at radius 1 is 1.22 bits per heavy atom. The summed E-state index contributed by atoms with van der Waals surface area (Å²) in [6.45, 7) is 2.20. The van der Waals surface area contributed by atoms with E-state index in [-0.39, 0.29) is 18.0 Å². The Kier molecular flexibility index (Phi) is 5.00. The number of rotatable bonds is 3. The maximum atomic E-state index is 11.9. The van der Waals surface area contributed by atoms with Crippen molar-refractivity contribution in [1.29, 1.82) is 0 Å². The molecule has 0 aliphatic carbocycles. The summed E-state index contributed by atoms with van der Waals surface area (Å²) in [6.07, 6.45) is 5.81. The fraction of sp³-hybridized carbons (Fsp3) is 0.400. The van der Waals surface area contributed by atoms with E-state index in [0.717, 1.165) is 42.2 Å². The third-order valence-corrected chi connectivity index (χ3v) is 5.18. The summed E-state index contributed by atoms with van der Waals surface area (Å²) < 4.78 is 0. The van der Waals surface area contributed by atoms with Gasteiger partial charge in [0.15, 0.2) is 5.82 Å². The lowest BCUT2D eigenvalue weighted by Gasteiger charge is -2.32. The molecular formula is C20H24N6O. The summed E-state index contributed by atoms with van der Waals surface area (Å²) >= 11 is 0. The van der Waals surface area contributed by atoms with Gasteiger partial charge in [-0.15, -0.1) is 0 Å². The topological polar surface area (TPSA) is 82.5 Å². The molecule has 7 nitrogen and oxygen atoms in total. The molecule has 3 heterocycles. The number of nitrogens with zero attached hydrogens (tertiary/aromatic N) is 4. The van der Waals surface area contributed by atoms with Gasteiger partial charge in [0.1, 0.15) is 5.84 Å². The lowest BCUT2D eigenvalue weighted by molar-refractivity contribution is 0.180. The molecule has 4 rings (SSSR count). The summed E-state index contributed by atoms with van der Waals surface area (Å²) in [5, 5.41) is 6.23. The average molecular weight is 364 g/mol. The van der Waals surface area contributed by atoms with Crippen molar-refractivity contribution in [2.75, 3.05) is 26.7 Å². The fourth-order valence-corrected chi connectivity index (χ4v) is 3.69. The zero-order valence-corrected chi connectivity index (χ0v) is 15.4. The molecule has 2 amide bonds. The minimum Gasteiger partial charge on any atom is -0.365 e. The summed E-state index contributed by atoms with van der Waals surface area (Å²) in [4.78, 5) is 27.5. The SMILES string of the molecule is CNC(=O)N1CCCC(C2=NCC(c3cnc(-c4ccccc4)nc3)N2)C1. The Hall–Kier alpha value is -2.96. The van der Waals surface area contributed by atoms with E-state index in [1.54, 1.807) is 7.05 Å². The Bertz CT molecular complexity index is 820. The van der Waals surface area contributed by atoms with Crippen LogP contribution in [0.25, 0.3) is 11.4 Å². The molecule has 7 heteroatoms. The fourth-order valence-electron chi connectivity index (χ4n) is 3.69. The Labute approximate surface area is 158 Å². The number of amides is 2. The average Bonchev–Trinajstić information content (AvgIpc) is 3.24. The van der Waals surface area contributed by atoms with Gasteiger partial charge in [0.25, 0.3) is 0 Å². The molecule has 27 heavy (non-hydrogen) atoms. The van der Waals surface area contributed by atoms with Crippen molar-refractivity contribution < 1.29 is 4.79 Å². The summed E-state index contributed by atoms with van der Waals surface area (Å²) in [5.41, 5.74) is 2.05. The number of likely N-dealkylation sites (tertiary alicyclic amines) is 1. The molecule has 2 aromatic rings. The predicted octanol–water partition coefficient (Wildman–Crippen LogP) is 2.24. The van der Waals surface area contributed by atoms with E-state index in [2.05, 4.69) is 20.6 Å². The molecule has 2 aliphatic heterocycles. The van der Waals surface area contributed by atoms with E-state index in [4.69, 9.17) is 4.99 Å². The van der Waals surface area contributed by atoms with Gasteiger partial charge in [0.05, 0.1) is 12.6 Å². The third-order valence-electron chi connectivity index (χ3n) is 5.18. The number of amidine groups is 1. The first-order valence-corrected chi connectivity index (χ1v) is 9.39. The molecular weight excluding hydrogens is 340 g/mol. The smallest absolute Gasteiger partial charge is 0.317 e. The number of hydrogen-bond donors (Lipinski definition) is 2. The van der Waals surface area contributed by atoms with Gasteiger partial charge < -0.3 is 15.5 Å².